The first-order chi connectivity index (χ1) is 13.3. The molecule has 1 saturated heterocycles. The molecule has 28 heavy (non-hydrogen) atoms. The molecule has 1 aromatic carbocycles. The molecule has 1 aliphatic rings. The predicted octanol–water partition coefficient (Wildman–Crippen LogP) is 1.40. The van der Waals surface area contributed by atoms with E-state index in [-0.39, 0.29) is 0 Å². The summed E-state index contributed by atoms with van der Waals surface area (Å²) in [6, 6.07) is 3.77. The van der Waals surface area contributed by atoms with E-state index in [4.69, 9.17) is 25.2 Å². The highest BCUT2D eigenvalue weighted by atomic mass is 35.5. The third kappa shape index (κ3) is 4.44. The number of hydrogen-bond acceptors (Lipinski definition) is 6. The van der Waals surface area contributed by atoms with Crippen LogP contribution in [0.25, 0.3) is 0 Å². The molecule has 146 valence electrons. The number of halogens is 1. The van der Waals surface area contributed by atoms with Crippen LogP contribution in [-0.4, -0.2) is 53.5 Å². The van der Waals surface area contributed by atoms with Gasteiger partial charge in [-0.15, -0.1) is 0 Å². The summed E-state index contributed by atoms with van der Waals surface area (Å²) in [6.07, 6.45) is 6.23. The average molecular weight is 401 g/mol. The van der Waals surface area contributed by atoms with Crippen molar-refractivity contribution in [1.82, 2.24) is 15.1 Å². The lowest BCUT2D eigenvalue weighted by Gasteiger charge is -2.24. The second-order valence-electron chi connectivity index (χ2n) is 6.71. The van der Waals surface area contributed by atoms with Gasteiger partial charge in [0.25, 0.3) is 0 Å². The topological polar surface area (TPSA) is 121 Å². The molecular weight excluding hydrogens is 379 g/mol. The van der Waals surface area contributed by atoms with Crippen LogP contribution in [0.5, 0.6) is 0 Å². The van der Waals surface area contributed by atoms with Crippen LogP contribution >= 0.6 is 11.6 Å². The van der Waals surface area contributed by atoms with Crippen molar-refractivity contribution >= 4 is 43.4 Å². The number of nitrogens with zero attached hydrogens (tertiary/aromatic N) is 4. The summed E-state index contributed by atoms with van der Waals surface area (Å²) >= 11 is 6.55. The molecule has 0 saturated carbocycles. The Kier molecular flexibility index (Phi) is 6.19. The Labute approximate surface area is 169 Å². The lowest BCUT2D eigenvalue weighted by molar-refractivity contribution is -0.161. The van der Waals surface area contributed by atoms with Crippen LogP contribution in [0, 0.1) is 6.92 Å². The van der Waals surface area contributed by atoms with Crippen molar-refractivity contribution in [1.29, 1.82) is 0 Å². The van der Waals surface area contributed by atoms with Crippen molar-refractivity contribution in [2.75, 3.05) is 13.1 Å². The fourth-order valence-electron chi connectivity index (χ4n) is 3.33. The lowest BCUT2D eigenvalue weighted by Crippen LogP contribution is -2.35. The fraction of sp³-hybridized carbons (Fsp3) is 0.389. The Morgan fingerprint density at radius 1 is 1.32 bits per heavy atom. The molecule has 0 aliphatic carbocycles. The number of nitrogens with two attached hydrogens (primary N) is 1. The summed E-state index contributed by atoms with van der Waals surface area (Å²) in [4.78, 5) is 8.62. The summed E-state index contributed by atoms with van der Waals surface area (Å²) in [5.41, 5.74) is 8.74. The second-order valence-corrected chi connectivity index (χ2v) is 7.11. The number of aliphatic imine (C=N–C) groups is 2. The summed E-state index contributed by atoms with van der Waals surface area (Å²) in [6.45, 7) is 3.54. The van der Waals surface area contributed by atoms with Gasteiger partial charge in [0.15, 0.2) is 7.85 Å². The number of benzene rings is 1. The molecule has 2 heterocycles. The number of piperidine rings is 1. The maximum absolute atomic E-state index is 9.50. The minimum Gasteiger partial charge on any atom is -0.390 e. The van der Waals surface area contributed by atoms with Gasteiger partial charge >= 0.3 is 0 Å². The molecule has 10 heteroatoms. The van der Waals surface area contributed by atoms with Gasteiger partial charge in [0.2, 0.25) is 5.81 Å². The molecule has 2 aromatic rings. The van der Waals surface area contributed by atoms with Gasteiger partial charge in [0.05, 0.1) is 23.9 Å². The molecule has 5 N–H and O–H groups in total. The van der Waals surface area contributed by atoms with Gasteiger partial charge in [-0.25, -0.2) is 9.67 Å². The zero-order valence-electron chi connectivity index (χ0n) is 15.5. The number of aliphatic hydroxyl groups is 2. The molecule has 0 spiro atoms. The highest BCUT2D eigenvalue weighted by Crippen LogP contribution is 2.35. The number of aromatic nitrogens is 2. The zero-order chi connectivity index (χ0) is 20.3. The van der Waals surface area contributed by atoms with Crippen molar-refractivity contribution in [3.63, 3.8) is 0 Å². The average Bonchev–Trinajstić information content (AvgIpc) is 3.03. The standard InChI is InChI=1S/C18H22BClN6O2/c1-11-17(9-25-26(11)18(19,27)28)23-8-13-6-15(20)14(7-16(13)24-10-21)12-2-4-22-5-3-12/h6-10,12,22,27-28H,2-5H2,1H3,(H2,21,24). The Bertz CT molecular complexity index is 900. The minimum absolute atomic E-state index is 0.374. The van der Waals surface area contributed by atoms with Crippen LogP contribution < -0.4 is 11.1 Å². The van der Waals surface area contributed by atoms with E-state index in [1.165, 1.54) is 12.5 Å². The Balaban J connectivity index is 1.94. The van der Waals surface area contributed by atoms with Crippen LogP contribution in [0.2, 0.25) is 5.02 Å². The van der Waals surface area contributed by atoms with Crippen LogP contribution in [0.3, 0.4) is 0 Å². The van der Waals surface area contributed by atoms with Crippen LogP contribution in [0.1, 0.15) is 35.6 Å². The van der Waals surface area contributed by atoms with Crippen molar-refractivity contribution in [2.45, 2.75) is 31.5 Å². The van der Waals surface area contributed by atoms with Crippen LogP contribution in [0.15, 0.2) is 28.3 Å². The van der Waals surface area contributed by atoms with Gasteiger partial charge in [-0.1, -0.05) is 11.6 Å². The van der Waals surface area contributed by atoms with Crippen molar-refractivity contribution in [3.05, 3.63) is 40.2 Å². The number of rotatable bonds is 5. The van der Waals surface area contributed by atoms with E-state index in [2.05, 4.69) is 20.4 Å². The Hall–Kier alpha value is -2.20. The third-order valence-electron chi connectivity index (χ3n) is 4.78. The molecule has 0 unspecified atom stereocenters. The molecule has 3 rings (SSSR count). The molecule has 1 fully saturated rings. The number of hydrogen-bond donors (Lipinski definition) is 4. The zero-order valence-corrected chi connectivity index (χ0v) is 16.3. The first-order valence-corrected chi connectivity index (χ1v) is 9.30. The summed E-state index contributed by atoms with van der Waals surface area (Å²) in [5.74, 6) is -2.22. The van der Waals surface area contributed by atoms with E-state index < -0.39 is 5.81 Å². The van der Waals surface area contributed by atoms with E-state index in [1.54, 1.807) is 13.1 Å². The normalized spacial score (nSPS) is 16.4. The minimum atomic E-state index is -2.59. The smallest absolute Gasteiger partial charge is 0.208 e. The molecule has 0 bridgehead atoms. The Morgan fingerprint density at radius 2 is 2.04 bits per heavy atom. The maximum atomic E-state index is 9.50. The van der Waals surface area contributed by atoms with E-state index in [1.807, 2.05) is 12.1 Å². The quantitative estimate of drug-likeness (QED) is 0.262. The van der Waals surface area contributed by atoms with Crippen LogP contribution in [0.4, 0.5) is 11.4 Å². The summed E-state index contributed by atoms with van der Waals surface area (Å²) in [5, 5.41) is 26.8. The molecule has 2 radical (unpaired) electrons. The molecule has 8 nitrogen and oxygen atoms in total. The van der Waals surface area contributed by atoms with Crippen molar-refractivity contribution < 1.29 is 10.2 Å². The molecule has 0 atom stereocenters. The first kappa shape index (κ1) is 20.5. The second kappa shape index (κ2) is 8.44. The monoisotopic (exact) mass is 400 g/mol. The van der Waals surface area contributed by atoms with E-state index in [9.17, 15) is 10.2 Å². The van der Waals surface area contributed by atoms with Gasteiger partial charge in [0.1, 0.15) is 5.69 Å². The number of nitrogens with one attached hydrogen (secondary N) is 1. The van der Waals surface area contributed by atoms with Crippen molar-refractivity contribution in [2.24, 2.45) is 15.7 Å². The van der Waals surface area contributed by atoms with Gasteiger partial charge in [0, 0.05) is 16.8 Å². The highest BCUT2D eigenvalue weighted by molar-refractivity contribution is 6.32. The summed E-state index contributed by atoms with van der Waals surface area (Å²) < 4.78 is 0.867. The van der Waals surface area contributed by atoms with Crippen LogP contribution in [-0.2, 0) is 5.81 Å². The lowest BCUT2D eigenvalue weighted by atomic mass is 9.89. The maximum Gasteiger partial charge on any atom is 0.208 e. The first-order valence-electron chi connectivity index (χ1n) is 8.92. The molecule has 1 aliphatic heterocycles. The SMILES string of the molecule is [B]C(O)(O)n1ncc(N=Cc2cc(Cl)c(C3CCNCC3)cc2N=CN)c1C. The molecular formula is C18H22BClN6O2. The van der Waals surface area contributed by atoms with E-state index >= 15 is 0 Å². The van der Waals surface area contributed by atoms with E-state index in [0.717, 1.165) is 36.2 Å². The van der Waals surface area contributed by atoms with Crippen molar-refractivity contribution in [3.8, 4) is 0 Å². The predicted molar refractivity (Wildman–Crippen MR) is 111 cm³/mol. The Morgan fingerprint density at radius 3 is 2.64 bits per heavy atom. The summed E-state index contributed by atoms with van der Waals surface area (Å²) in [7, 11) is 5.25. The third-order valence-corrected chi connectivity index (χ3v) is 5.10. The highest BCUT2D eigenvalue weighted by Gasteiger charge is 2.22. The largest absolute Gasteiger partial charge is 0.390 e. The van der Waals surface area contributed by atoms with Gasteiger partial charge in [-0.2, -0.15) is 5.10 Å². The molecule has 1 aromatic heterocycles. The van der Waals surface area contributed by atoms with Gasteiger partial charge in [-0.05, 0) is 56.5 Å². The van der Waals surface area contributed by atoms with E-state index in [0.29, 0.717) is 33.6 Å². The molecule has 0 amide bonds. The van der Waals surface area contributed by atoms with Gasteiger partial charge in [-0.3, -0.25) is 4.99 Å². The van der Waals surface area contributed by atoms with Gasteiger partial charge < -0.3 is 21.3 Å². The fourth-order valence-corrected chi connectivity index (χ4v) is 3.66.